The van der Waals surface area contributed by atoms with Crippen molar-refractivity contribution >= 4 is 24.0 Å². The Hall–Kier alpha value is -1.46. The highest BCUT2D eigenvalue weighted by Crippen LogP contribution is 2.30. The highest BCUT2D eigenvalue weighted by atomic mass is 35.5. The zero-order chi connectivity index (χ0) is 13.4. The Labute approximate surface area is 120 Å². The fraction of sp³-hybridized carbons (Fsp3) is 0.462. The summed E-state index contributed by atoms with van der Waals surface area (Å²) < 4.78 is 10.6. The third-order valence-electron chi connectivity index (χ3n) is 2.35. The fourth-order valence-electron chi connectivity index (χ4n) is 1.48. The molecule has 0 aliphatic rings. The van der Waals surface area contributed by atoms with Crippen LogP contribution in [0.3, 0.4) is 0 Å². The van der Waals surface area contributed by atoms with Gasteiger partial charge in [-0.2, -0.15) is 0 Å². The molecule has 1 aromatic rings. The number of ether oxygens (including phenoxy) is 2. The Balaban J connectivity index is 0.00000324. The lowest BCUT2D eigenvalue weighted by Crippen LogP contribution is -2.18. The van der Waals surface area contributed by atoms with Gasteiger partial charge in [0.1, 0.15) is 0 Å². The van der Waals surface area contributed by atoms with Crippen LogP contribution in [0.25, 0.3) is 0 Å². The van der Waals surface area contributed by atoms with Crippen LogP contribution < -0.4 is 20.1 Å². The van der Waals surface area contributed by atoms with Gasteiger partial charge in [-0.15, -0.1) is 12.4 Å². The minimum Gasteiger partial charge on any atom is -0.493 e. The van der Waals surface area contributed by atoms with Crippen LogP contribution in [0.2, 0.25) is 0 Å². The second-order valence-electron chi connectivity index (χ2n) is 3.70. The number of hydrogen-bond acceptors (Lipinski definition) is 4. The quantitative estimate of drug-likeness (QED) is 0.806. The van der Waals surface area contributed by atoms with E-state index in [0.717, 1.165) is 0 Å². The van der Waals surface area contributed by atoms with Gasteiger partial charge in [0.15, 0.2) is 11.5 Å². The molecule has 0 aliphatic heterocycles. The van der Waals surface area contributed by atoms with Crippen molar-refractivity contribution in [2.24, 2.45) is 0 Å². The fourth-order valence-corrected chi connectivity index (χ4v) is 1.48. The number of carbonyl (C=O) groups is 1. The molecule has 1 amide bonds. The maximum atomic E-state index is 11.6. The monoisotopic (exact) mass is 288 g/mol. The van der Waals surface area contributed by atoms with E-state index in [2.05, 4.69) is 10.6 Å². The summed E-state index contributed by atoms with van der Waals surface area (Å²) in [5, 5.41) is 5.74. The first-order valence-corrected chi connectivity index (χ1v) is 5.96. The van der Waals surface area contributed by atoms with Gasteiger partial charge in [-0.1, -0.05) is 0 Å². The summed E-state index contributed by atoms with van der Waals surface area (Å²) in [6.45, 7) is 3.10. The van der Waals surface area contributed by atoms with Gasteiger partial charge in [0.2, 0.25) is 5.91 Å². The zero-order valence-electron chi connectivity index (χ0n) is 11.5. The van der Waals surface area contributed by atoms with Gasteiger partial charge in [0.05, 0.1) is 13.7 Å². The number of amides is 1. The second kappa shape index (κ2) is 9.47. The van der Waals surface area contributed by atoms with E-state index in [1.807, 2.05) is 14.0 Å². The van der Waals surface area contributed by atoms with Gasteiger partial charge < -0.3 is 20.1 Å². The summed E-state index contributed by atoms with van der Waals surface area (Å²) >= 11 is 0. The molecule has 1 rings (SSSR count). The van der Waals surface area contributed by atoms with Crippen molar-refractivity contribution < 1.29 is 14.3 Å². The molecule has 1 aromatic carbocycles. The van der Waals surface area contributed by atoms with Gasteiger partial charge in [-0.25, -0.2) is 0 Å². The Morgan fingerprint density at radius 2 is 2.05 bits per heavy atom. The summed E-state index contributed by atoms with van der Waals surface area (Å²) in [5.74, 6) is 1.26. The first-order chi connectivity index (χ1) is 8.71. The third-order valence-corrected chi connectivity index (χ3v) is 2.35. The van der Waals surface area contributed by atoms with Crippen LogP contribution >= 0.6 is 12.4 Å². The highest BCUT2D eigenvalue weighted by Gasteiger charge is 2.07. The standard InChI is InChI=1S/C13H20N2O3.ClH/c1-4-18-12-9-10(5-6-11(12)17-3)15-13(16)7-8-14-2;/h5-6,9,14H,4,7-8H2,1-3H3,(H,15,16);1H. The molecule has 0 unspecified atom stereocenters. The van der Waals surface area contributed by atoms with Crippen LogP contribution in [0, 0.1) is 0 Å². The summed E-state index contributed by atoms with van der Waals surface area (Å²) in [5.41, 5.74) is 0.709. The van der Waals surface area contributed by atoms with Crippen LogP contribution in [0.1, 0.15) is 13.3 Å². The number of anilines is 1. The molecule has 0 atom stereocenters. The molecule has 2 N–H and O–H groups in total. The molecular weight excluding hydrogens is 268 g/mol. The first-order valence-electron chi connectivity index (χ1n) is 5.96. The lowest BCUT2D eigenvalue weighted by molar-refractivity contribution is -0.116. The van der Waals surface area contributed by atoms with Crippen LogP contribution in [0.4, 0.5) is 5.69 Å². The normalized spacial score (nSPS) is 9.42. The summed E-state index contributed by atoms with van der Waals surface area (Å²) in [6.07, 6.45) is 0.437. The molecule has 0 heterocycles. The van der Waals surface area contributed by atoms with Crippen molar-refractivity contribution in [3.05, 3.63) is 18.2 Å². The molecule has 6 heteroatoms. The molecule has 0 aliphatic carbocycles. The predicted octanol–water partition coefficient (Wildman–Crippen LogP) is 2.06. The van der Waals surface area contributed by atoms with E-state index in [-0.39, 0.29) is 18.3 Å². The van der Waals surface area contributed by atoms with E-state index < -0.39 is 0 Å². The van der Waals surface area contributed by atoms with Crippen LogP contribution in [-0.4, -0.2) is 33.2 Å². The van der Waals surface area contributed by atoms with Gasteiger partial charge >= 0.3 is 0 Å². The van der Waals surface area contributed by atoms with Crippen molar-refractivity contribution in [2.75, 3.05) is 32.6 Å². The largest absolute Gasteiger partial charge is 0.493 e. The van der Waals surface area contributed by atoms with Crippen molar-refractivity contribution in [2.45, 2.75) is 13.3 Å². The first kappa shape index (κ1) is 17.5. The van der Waals surface area contributed by atoms with Crippen LogP contribution in [-0.2, 0) is 4.79 Å². The highest BCUT2D eigenvalue weighted by molar-refractivity contribution is 5.91. The Morgan fingerprint density at radius 1 is 1.32 bits per heavy atom. The lowest BCUT2D eigenvalue weighted by atomic mass is 10.2. The lowest BCUT2D eigenvalue weighted by Gasteiger charge is -2.11. The molecule has 108 valence electrons. The molecular formula is C13H21ClN2O3. The SMILES string of the molecule is CCOc1cc(NC(=O)CCNC)ccc1OC.Cl. The molecule has 19 heavy (non-hydrogen) atoms. The molecule has 0 aromatic heterocycles. The molecule has 0 radical (unpaired) electrons. The van der Waals surface area contributed by atoms with E-state index in [1.165, 1.54) is 0 Å². The zero-order valence-corrected chi connectivity index (χ0v) is 12.3. The van der Waals surface area contributed by atoms with Crippen molar-refractivity contribution in [1.29, 1.82) is 0 Å². The second-order valence-corrected chi connectivity index (χ2v) is 3.70. The smallest absolute Gasteiger partial charge is 0.225 e. The van der Waals surface area contributed by atoms with Gasteiger partial charge in [-0.3, -0.25) is 4.79 Å². The van der Waals surface area contributed by atoms with Crippen molar-refractivity contribution in [1.82, 2.24) is 5.32 Å². The van der Waals surface area contributed by atoms with Crippen molar-refractivity contribution in [3.8, 4) is 11.5 Å². The van der Waals surface area contributed by atoms with E-state index in [1.54, 1.807) is 25.3 Å². The van der Waals surface area contributed by atoms with Crippen LogP contribution in [0.15, 0.2) is 18.2 Å². The maximum Gasteiger partial charge on any atom is 0.225 e. The number of methoxy groups -OCH3 is 1. The number of rotatable bonds is 7. The number of benzene rings is 1. The molecule has 0 fully saturated rings. The summed E-state index contributed by atoms with van der Waals surface area (Å²) in [7, 11) is 3.40. The minimum absolute atomic E-state index is 0. The Bertz CT molecular complexity index is 399. The molecule has 0 saturated carbocycles. The van der Waals surface area contributed by atoms with Crippen molar-refractivity contribution in [3.63, 3.8) is 0 Å². The molecule has 5 nitrogen and oxygen atoms in total. The number of hydrogen-bond donors (Lipinski definition) is 2. The number of carbonyl (C=O) groups excluding carboxylic acids is 1. The Kier molecular flexibility index (Phi) is 8.74. The van der Waals surface area contributed by atoms with Gasteiger partial charge in [-0.05, 0) is 26.1 Å². The Morgan fingerprint density at radius 3 is 2.63 bits per heavy atom. The summed E-state index contributed by atoms with van der Waals surface area (Å²) in [4.78, 5) is 11.6. The number of halogens is 1. The maximum absolute atomic E-state index is 11.6. The predicted molar refractivity (Wildman–Crippen MR) is 78.6 cm³/mol. The number of nitrogens with one attached hydrogen (secondary N) is 2. The average Bonchev–Trinajstić information content (AvgIpc) is 2.37. The van der Waals surface area contributed by atoms with Crippen LogP contribution in [0.5, 0.6) is 11.5 Å². The average molecular weight is 289 g/mol. The van der Waals surface area contributed by atoms with E-state index >= 15 is 0 Å². The van der Waals surface area contributed by atoms with E-state index in [9.17, 15) is 4.79 Å². The molecule has 0 saturated heterocycles. The van der Waals surface area contributed by atoms with E-state index in [4.69, 9.17) is 9.47 Å². The van der Waals surface area contributed by atoms with Gasteiger partial charge in [0.25, 0.3) is 0 Å². The molecule has 0 bridgehead atoms. The van der Waals surface area contributed by atoms with Gasteiger partial charge in [0, 0.05) is 24.7 Å². The summed E-state index contributed by atoms with van der Waals surface area (Å²) in [6, 6.07) is 5.33. The minimum atomic E-state index is -0.0306. The van der Waals surface area contributed by atoms with E-state index in [0.29, 0.717) is 36.8 Å². The third kappa shape index (κ3) is 5.81. The topological polar surface area (TPSA) is 59.6 Å². The molecule has 0 spiro atoms.